The van der Waals surface area contributed by atoms with Crippen LogP contribution in [-0.4, -0.2) is 24.3 Å². The number of benzene rings is 1. The number of carboxylic acids is 1. The predicted octanol–water partition coefficient (Wildman–Crippen LogP) is 2.86. The summed E-state index contributed by atoms with van der Waals surface area (Å²) >= 11 is 6.30. The Balaban J connectivity index is 2.43. The molecule has 0 aromatic heterocycles. The van der Waals surface area contributed by atoms with Crippen molar-refractivity contribution < 1.29 is 19.4 Å². The molecule has 5 heteroatoms. The Kier molecular flexibility index (Phi) is 3.39. The highest BCUT2D eigenvalue weighted by Crippen LogP contribution is 2.44. The molecule has 98 valence electrons. The quantitative estimate of drug-likeness (QED) is 0.918. The summed E-state index contributed by atoms with van der Waals surface area (Å²) in [5.41, 5.74) is 0.203. The third-order valence-corrected chi connectivity index (χ3v) is 3.35. The van der Waals surface area contributed by atoms with Gasteiger partial charge in [-0.15, -0.1) is 0 Å². The van der Waals surface area contributed by atoms with Gasteiger partial charge in [0.15, 0.2) is 11.5 Å². The molecule has 1 heterocycles. The van der Waals surface area contributed by atoms with Crippen LogP contribution in [-0.2, 0) is 10.2 Å². The molecular weight excluding hydrogens is 256 g/mol. The Morgan fingerprint density at radius 1 is 1.39 bits per heavy atom. The molecular formula is C13H15ClO4. The van der Waals surface area contributed by atoms with Gasteiger partial charge < -0.3 is 14.6 Å². The van der Waals surface area contributed by atoms with E-state index in [2.05, 4.69) is 0 Å². The smallest absolute Gasteiger partial charge is 0.304 e. The van der Waals surface area contributed by atoms with Crippen LogP contribution in [0.2, 0.25) is 5.02 Å². The minimum Gasteiger partial charge on any atom is -0.486 e. The number of hydrogen-bond acceptors (Lipinski definition) is 3. The highest BCUT2D eigenvalue weighted by Gasteiger charge is 2.30. The molecule has 0 saturated heterocycles. The fourth-order valence-electron chi connectivity index (χ4n) is 2.08. The number of carbonyl (C=O) groups is 1. The molecule has 0 saturated carbocycles. The molecule has 0 fully saturated rings. The molecule has 0 atom stereocenters. The van der Waals surface area contributed by atoms with Crippen LogP contribution in [0, 0.1) is 0 Å². The molecule has 1 aliphatic rings. The van der Waals surface area contributed by atoms with Crippen molar-refractivity contribution in [3.05, 3.63) is 22.7 Å². The summed E-state index contributed by atoms with van der Waals surface area (Å²) < 4.78 is 10.9. The number of halogens is 1. The van der Waals surface area contributed by atoms with Gasteiger partial charge in [-0.25, -0.2) is 0 Å². The van der Waals surface area contributed by atoms with E-state index in [1.165, 1.54) is 0 Å². The number of carboxylic acid groups (broad SMARTS) is 1. The third-order valence-electron chi connectivity index (χ3n) is 2.97. The van der Waals surface area contributed by atoms with Crippen LogP contribution < -0.4 is 9.47 Å². The third kappa shape index (κ3) is 2.38. The summed E-state index contributed by atoms with van der Waals surface area (Å²) in [5.74, 6) is 0.269. The maximum atomic E-state index is 10.9. The van der Waals surface area contributed by atoms with Crippen molar-refractivity contribution in [3.63, 3.8) is 0 Å². The Bertz CT molecular complexity index is 482. The molecule has 0 unspecified atom stereocenters. The largest absolute Gasteiger partial charge is 0.486 e. The first-order chi connectivity index (χ1) is 8.42. The second-order valence-corrected chi connectivity index (χ2v) is 5.28. The zero-order valence-corrected chi connectivity index (χ0v) is 11.1. The highest BCUT2D eigenvalue weighted by molar-refractivity contribution is 6.33. The number of ether oxygens (including phenoxy) is 2. The minimum atomic E-state index is -0.856. The molecule has 18 heavy (non-hydrogen) atoms. The van der Waals surface area contributed by atoms with Crippen molar-refractivity contribution in [1.82, 2.24) is 0 Å². The molecule has 1 aromatic carbocycles. The monoisotopic (exact) mass is 270 g/mol. The van der Waals surface area contributed by atoms with E-state index in [-0.39, 0.29) is 6.42 Å². The Morgan fingerprint density at radius 3 is 2.72 bits per heavy atom. The maximum absolute atomic E-state index is 10.9. The summed E-state index contributed by atoms with van der Waals surface area (Å²) in [5, 5.41) is 9.38. The molecule has 0 radical (unpaired) electrons. The lowest BCUT2D eigenvalue weighted by molar-refractivity contribution is -0.138. The van der Waals surface area contributed by atoms with Crippen LogP contribution in [0.4, 0.5) is 0 Å². The highest BCUT2D eigenvalue weighted by atomic mass is 35.5. The van der Waals surface area contributed by atoms with Gasteiger partial charge in [0.25, 0.3) is 0 Å². The van der Waals surface area contributed by atoms with E-state index in [9.17, 15) is 4.79 Å². The van der Waals surface area contributed by atoms with Crippen LogP contribution in [0.15, 0.2) is 12.1 Å². The van der Waals surface area contributed by atoms with E-state index in [4.69, 9.17) is 26.2 Å². The van der Waals surface area contributed by atoms with Crippen LogP contribution in [0.3, 0.4) is 0 Å². The molecule has 4 nitrogen and oxygen atoms in total. The average molecular weight is 271 g/mol. The lowest BCUT2D eigenvalue weighted by Crippen LogP contribution is -2.23. The molecule has 0 amide bonds. The molecule has 1 N–H and O–H groups in total. The zero-order valence-electron chi connectivity index (χ0n) is 10.3. The van der Waals surface area contributed by atoms with Gasteiger partial charge in [0.2, 0.25) is 0 Å². The van der Waals surface area contributed by atoms with E-state index in [1.807, 2.05) is 13.8 Å². The number of rotatable bonds is 3. The summed E-state index contributed by atoms with van der Waals surface area (Å²) in [6.07, 6.45) is 0.00631. The number of fused-ring (bicyclic) bond motifs is 1. The van der Waals surface area contributed by atoms with Crippen LogP contribution in [0.1, 0.15) is 25.8 Å². The Labute approximate surface area is 110 Å². The SMILES string of the molecule is CC(C)(CC(=O)O)c1ccc2c(c1Cl)OCCO2. The fourth-order valence-corrected chi connectivity index (χ4v) is 2.54. The zero-order chi connectivity index (χ0) is 13.3. The molecule has 0 bridgehead atoms. The lowest BCUT2D eigenvalue weighted by Gasteiger charge is -2.27. The summed E-state index contributed by atoms with van der Waals surface area (Å²) in [7, 11) is 0. The first kappa shape index (κ1) is 13.0. The molecule has 0 aliphatic carbocycles. The minimum absolute atomic E-state index is 0.00631. The van der Waals surface area contributed by atoms with Gasteiger partial charge in [-0.3, -0.25) is 4.79 Å². The van der Waals surface area contributed by atoms with Gasteiger partial charge in [-0.2, -0.15) is 0 Å². The van der Waals surface area contributed by atoms with E-state index in [0.29, 0.717) is 29.7 Å². The lowest BCUT2D eigenvalue weighted by atomic mass is 9.81. The molecule has 0 spiro atoms. The molecule has 1 aromatic rings. The van der Waals surface area contributed by atoms with Gasteiger partial charge in [-0.1, -0.05) is 31.5 Å². The Hall–Kier alpha value is -1.42. The standard InChI is InChI=1S/C13H15ClO4/c1-13(2,7-10(15)16)8-3-4-9-12(11(8)14)18-6-5-17-9/h3-4H,5-7H2,1-2H3,(H,15,16). The fraction of sp³-hybridized carbons (Fsp3) is 0.462. The maximum Gasteiger partial charge on any atom is 0.304 e. The van der Waals surface area contributed by atoms with E-state index in [0.717, 1.165) is 5.56 Å². The van der Waals surface area contributed by atoms with Gasteiger partial charge in [0, 0.05) is 5.41 Å². The topological polar surface area (TPSA) is 55.8 Å². The van der Waals surface area contributed by atoms with Crippen molar-refractivity contribution in [1.29, 1.82) is 0 Å². The number of hydrogen-bond donors (Lipinski definition) is 1. The van der Waals surface area contributed by atoms with Crippen LogP contribution >= 0.6 is 11.6 Å². The van der Waals surface area contributed by atoms with Gasteiger partial charge in [-0.05, 0) is 11.6 Å². The van der Waals surface area contributed by atoms with Crippen molar-refractivity contribution >= 4 is 17.6 Å². The predicted molar refractivity (Wildman–Crippen MR) is 67.7 cm³/mol. The van der Waals surface area contributed by atoms with Gasteiger partial charge in [0.1, 0.15) is 13.2 Å². The van der Waals surface area contributed by atoms with E-state index >= 15 is 0 Å². The number of aliphatic carboxylic acids is 1. The molecule has 1 aliphatic heterocycles. The van der Waals surface area contributed by atoms with Crippen molar-refractivity contribution in [2.24, 2.45) is 0 Å². The van der Waals surface area contributed by atoms with Crippen LogP contribution in [0.5, 0.6) is 11.5 Å². The summed E-state index contributed by atoms with van der Waals surface area (Å²) in [4.78, 5) is 10.9. The second kappa shape index (κ2) is 4.69. The van der Waals surface area contributed by atoms with E-state index in [1.54, 1.807) is 12.1 Å². The first-order valence-corrected chi connectivity index (χ1v) is 6.10. The average Bonchev–Trinajstić information content (AvgIpc) is 2.27. The van der Waals surface area contributed by atoms with Gasteiger partial charge in [0.05, 0.1) is 11.4 Å². The first-order valence-electron chi connectivity index (χ1n) is 5.72. The van der Waals surface area contributed by atoms with Crippen molar-refractivity contribution in [2.45, 2.75) is 25.7 Å². The second-order valence-electron chi connectivity index (χ2n) is 4.91. The molecule has 2 rings (SSSR count). The van der Waals surface area contributed by atoms with E-state index < -0.39 is 11.4 Å². The van der Waals surface area contributed by atoms with Crippen LogP contribution in [0.25, 0.3) is 0 Å². The Morgan fingerprint density at radius 2 is 2.06 bits per heavy atom. The van der Waals surface area contributed by atoms with Crippen molar-refractivity contribution in [2.75, 3.05) is 13.2 Å². The summed E-state index contributed by atoms with van der Waals surface area (Å²) in [6.45, 7) is 4.65. The normalized spacial score (nSPS) is 14.4. The van der Waals surface area contributed by atoms with Gasteiger partial charge >= 0.3 is 5.97 Å². The summed E-state index contributed by atoms with van der Waals surface area (Å²) in [6, 6.07) is 3.58. The van der Waals surface area contributed by atoms with Crippen molar-refractivity contribution in [3.8, 4) is 11.5 Å².